The summed E-state index contributed by atoms with van der Waals surface area (Å²) in [5, 5.41) is 2.64. The van der Waals surface area contributed by atoms with E-state index in [1.165, 1.54) is 11.3 Å². The van der Waals surface area contributed by atoms with Gasteiger partial charge in [0.15, 0.2) is 0 Å². The Balaban J connectivity index is 1.39. The van der Waals surface area contributed by atoms with Gasteiger partial charge in [-0.1, -0.05) is 22.9 Å². The fourth-order valence-corrected chi connectivity index (χ4v) is 3.61. The Morgan fingerprint density at radius 1 is 1.12 bits per heavy atom. The standard InChI is InChI=1S/C17H22ClN3O2S/c1-14-12-24-17(22)21(14)13-20-8-6-19(7-9-20)10-11-23-16-4-2-15(18)3-5-16/h2-5,12H,6-11,13H2,1H3. The zero-order valence-corrected chi connectivity index (χ0v) is 15.4. The lowest BCUT2D eigenvalue weighted by Gasteiger charge is -2.34. The van der Waals surface area contributed by atoms with Gasteiger partial charge in [0.1, 0.15) is 12.4 Å². The highest BCUT2D eigenvalue weighted by Gasteiger charge is 2.18. The molecule has 24 heavy (non-hydrogen) atoms. The van der Waals surface area contributed by atoms with Crippen molar-refractivity contribution in [1.29, 1.82) is 0 Å². The van der Waals surface area contributed by atoms with E-state index in [9.17, 15) is 4.79 Å². The van der Waals surface area contributed by atoms with E-state index in [-0.39, 0.29) is 4.87 Å². The second-order valence-electron chi connectivity index (χ2n) is 5.97. The summed E-state index contributed by atoms with van der Waals surface area (Å²) in [6, 6.07) is 7.45. The van der Waals surface area contributed by atoms with Gasteiger partial charge < -0.3 is 4.74 Å². The first kappa shape index (κ1) is 17.5. The fraction of sp³-hybridized carbons (Fsp3) is 0.471. The van der Waals surface area contributed by atoms with E-state index in [4.69, 9.17) is 16.3 Å². The molecule has 0 spiro atoms. The van der Waals surface area contributed by atoms with Crippen LogP contribution in [-0.2, 0) is 6.67 Å². The minimum absolute atomic E-state index is 0.131. The van der Waals surface area contributed by atoms with Crippen molar-refractivity contribution in [2.24, 2.45) is 0 Å². The summed E-state index contributed by atoms with van der Waals surface area (Å²) < 4.78 is 7.60. The molecule has 1 fully saturated rings. The Morgan fingerprint density at radius 2 is 1.79 bits per heavy atom. The third-order valence-corrected chi connectivity index (χ3v) is 5.41. The molecule has 0 atom stereocenters. The molecule has 130 valence electrons. The second kappa shape index (κ2) is 8.16. The molecule has 2 aromatic rings. The van der Waals surface area contributed by atoms with Crippen LogP contribution in [0.4, 0.5) is 0 Å². The van der Waals surface area contributed by atoms with Crippen molar-refractivity contribution < 1.29 is 4.74 Å². The number of hydrogen-bond acceptors (Lipinski definition) is 5. The summed E-state index contributed by atoms with van der Waals surface area (Å²) in [4.78, 5) is 16.7. The van der Waals surface area contributed by atoms with Gasteiger partial charge in [-0.2, -0.15) is 0 Å². The number of thiazole rings is 1. The predicted molar refractivity (Wildman–Crippen MR) is 98.3 cm³/mol. The minimum atomic E-state index is 0.131. The molecule has 0 aliphatic carbocycles. The monoisotopic (exact) mass is 367 g/mol. The van der Waals surface area contributed by atoms with Gasteiger partial charge in [-0.3, -0.25) is 19.2 Å². The molecule has 1 aromatic carbocycles. The average Bonchev–Trinajstić information content (AvgIpc) is 2.90. The molecule has 0 bridgehead atoms. The SMILES string of the molecule is Cc1csc(=O)n1CN1CCN(CCOc2ccc(Cl)cc2)CC1. The fourth-order valence-electron chi connectivity index (χ4n) is 2.75. The summed E-state index contributed by atoms with van der Waals surface area (Å²) in [5.74, 6) is 0.852. The van der Waals surface area contributed by atoms with Crippen molar-refractivity contribution in [2.45, 2.75) is 13.6 Å². The number of benzene rings is 1. The van der Waals surface area contributed by atoms with Crippen LogP contribution in [0.1, 0.15) is 5.69 Å². The molecular weight excluding hydrogens is 346 g/mol. The summed E-state index contributed by atoms with van der Waals surface area (Å²) >= 11 is 7.14. The molecule has 0 unspecified atom stereocenters. The van der Waals surface area contributed by atoms with Crippen LogP contribution in [0.15, 0.2) is 34.4 Å². The zero-order chi connectivity index (χ0) is 16.9. The number of ether oxygens (including phenoxy) is 1. The Labute approximate surface area is 151 Å². The Hall–Kier alpha value is -1.34. The quantitative estimate of drug-likeness (QED) is 0.786. The molecule has 3 rings (SSSR count). The van der Waals surface area contributed by atoms with E-state index >= 15 is 0 Å². The van der Waals surface area contributed by atoms with E-state index in [1.54, 1.807) is 0 Å². The third-order valence-electron chi connectivity index (χ3n) is 4.27. The predicted octanol–water partition coefficient (Wildman–Crippen LogP) is 2.53. The van der Waals surface area contributed by atoms with Crippen molar-refractivity contribution in [3.63, 3.8) is 0 Å². The number of aromatic nitrogens is 1. The average molecular weight is 368 g/mol. The van der Waals surface area contributed by atoms with E-state index in [1.807, 2.05) is 41.1 Å². The van der Waals surface area contributed by atoms with Gasteiger partial charge in [-0.15, -0.1) is 0 Å². The van der Waals surface area contributed by atoms with Crippen LogP contribution in [0, 0.1) is 6.92 Å². The molecule has 0 saturated carbocycles. The maximum Gasteiger partial charge on any atom is 0.308 e. The summed E-state index contributed by atoms with van der Waals surface area (Å²) in [6.45, 7) is 8.22. The first-order chi connectivity index (χ1) is 11.6. The normalized spacial score (nSPS) is 16.4. The first-order valence-electron chi connectivity index (χ1n) is 8.10. The molecule has 0 amide bonds. The van der Waals surface area contributed by atoms with Crippen LogP contribution >= 0.6 is 22.9 Å². The van der Waals surface area contributed by atoms with Gasteiger partial charge in [-0.05, 0) is 31.2 Å². The van der Waals surface area contributed by atoms with Gasteiger partial charge in [0.2, 0.25) is 0 Å². The van der Waals surface area contributed by atoms with Crippen molar-refractivity contribution in [3.05, 3.63) is 50.0 Å². The molecule has 5 nitrogen and oxygen atoms in total. The number of piperazine rings is 1. The molecule has 7 heteroatoms. The van der Waals surface area contributed by atoms with Gasteiger partial charge >= 0.3 is 4.87 Å². The van der Waals surface area contributed by atoms with E-state index in [0.29, 0.717) is 13.3 Å². The van der Waals surface area contributed by atoms with Gasteiger partial charge in [-0.25, -0.2) is 0 Å². The smallest absolute Gasteiger partial charge is 0.308 e. The molecule has 0 N–H and O–H groups in total. The van der Waals surface area contributed by atoms with Crippen molar-refractivity contribution >= 4 is 22.9 Å². The summed E-state index contributed by atoms with van der Waals surface area (Å²) in [5.41, 5.74) is 1.05. The van der Waals surface area contributed by atoms with Gasteiger partial charge in [0.05, 0.1) is 6.67 Å². The molecule has 1 aliphatic rings. The van der Waals surface area contributed by atoms with Crippen molar-refractivity contribution in [1.82, 2.24) is 14.4 Å². The minimum Gasteiger partial charge on any atom is -0.492 e. The highest BCUT2D eigenvalue weighted by Crippen LogP contribution is 2.15. The first-order valence-corrected chi connectivity index (χ1v) is 9.35. The Kier molecular flexibility index (Phi) is 5.94. The highest BCUT2D eigenvalue weighted by atomic mass is 35.5. The Bertz CT molecular complexity index is 705. The molecule has 2 heterocycles. The molecule has 0 radical (unpaired) electrons. The second-order valence-corrected chi connectivity index (χ2v) is 7.23. The number of aryl methyl sites for hydroxylation is 1. The highest BCUT2D eigenvalue weighted by molar-refractivity contribution is 7.07. The number of hydrogen-bond donors (Lipinski definition) is 0. The summed E-state index contributed by atoms with van der Waals surface area (Å²) in [6.07, 6.45) is 0. The number of rotatable bonds is 6. The van der Waals surface area contributed by atoms with Crippen LogP contribution in [0.5, 0.6) is 5.75 Å². The van der Waals surface area contributed by atoms with Crippen LogP contribution in [0.3, 0.4) is 0 Å². The number of halogens is 1. The van der Waals surface area contributed by atoms with Gasteiger partial charge in [0, 0.05) is 48.8 Å². The van der Waals surface area contributed by atoms with Crippen molar-refractivity contribution in [3.8, 4) is 5.75 Å². The van der Waals surface area contributed by atoms with E-state index < -0.39 is 0 Å². The maximum absolute atomic E-state index is 11.8. The van der Waals surface area contributed by atoms with Gasteiger partial charge in [0.25, 0.3) is 0 Å². The van der Waals surface area contributed by atoms with Crippen LogP contribution < -0.4 is 9.61 Å². The third kappa shape index (κ3) is 4.60. The lowest BCUT2D eigenvalue weighted by molar-refractivity contribution is 0.0952. The molecule has 1 aromatic heterocycles. The lowest BCUT2D eigenvalue weighted by Crippen LogP contribution is -2.48. The topological polar surface area (TPSA) is 37.7 Å². The molecule has 1 saturated heterocycles. The summed E-state index contributed by atoms with van der Waals surface area (Å²) in [7, 11) is 0. The largest absolute Gasteiger partial charge is 0.492 e. The van der Waals surface area contributed by atoms with Crippen LogP contribution in [0.25, 0.3) is 0 Å². The Morgan fingerprint density at radius 3 is 2.42 bits per heavy atom. The van der Waals surface area contributed by atoms with Crippen LogP contribution in [-0.4, -0.2) is 53.7 Å². The zero-order valence-electron chi connectivity index (χ0n) is 13.8. The maximum atomic E-state index is 11.8. The van der Waals surface area contributed by atoms with Crippen molar-refractivity contribution in [2.75, 3.05) is 39.3 Å². The lowest BCUT2D eigenvalue weighted by atomic mass is 10.3. The van der Waals surface area contributed by atoms with Crippen LogP contribution in [0.2, 0.25) is 5.02 Å². The van der Waals surface area contributed by atoms with E-state index in [2.05, 4.69) is 9.80 Å². The van der Waals surface area contributed by atoms with E-state index in [0.717, 1.165) is 49.2 Å². The molecule has 1 aliphatic heterocycles. The number of nitrogens with zero attached hydrogens (tertiary/aromatic N) is 3. The molecular formula is C17H22ClN3O2S.